The number of aliphatic hydroxyl groups is 1. The second kappa shape index (κ2) is 6.16. The van der Waals surface area contributed by atoms with E-state index in [1.54, 1.807) is 11.0 Å². The average molecular weight is 416 g/mol. The number of carboxylic acids is 1. The van der Waals surface area contributed by atoms with E-state index in [0.29, 0.717) is 31.1 Å². The van der Waals surface area contributed by atoms with Gasteiger partial charge in [0.15, 0.2) is 0 Å². The quantitative estimate of drug-likeness (QED) is 0.770. The summed E-state index contributed by atoms with van der Waals surface area (Å²) in [6.07, 6.45) is -0.411. The Morgan fingerprint density at radius 3 is 2.43 bits per heavy atom. The highest BCUT2D eigenvalue weighted by Crippen LogP contribution is 2.55. The summed E-state index contributed by atoms with van der Waals surface area (Å²) in [7, 11) is 0. The van der Waals surface area contributed by atoms with Gasteiger partial charge in [0.05, 0.1) is 22.4 Å². The largest absolute Gasteiger partial charge is 0.481 e. The number of aromatic nitrogens is 1. The molecule has 3 heterocycles. The summed E-state index contributed by atoms with van der Waals surface area (Å²) in [4.78, 5) is 18.8. The van der Waals surface area contributed by atoms with E-state index in [9.17, 15) is 18.7 Å². The smallest absolute Gasteiger partial charge is 0.303 e. The number of alkyl halides is 2. The number of halogens is 3. The molecule has 3 fully saturated rings. The third-order valence-electron chi connectivity index (χ3n) is 6.61. The molecule has 1 aromatic heterocycles. The fourth-order valence-electron chi connectivity index (χ4n) is 4.60. The van der Waals surface area contributed by atoms with Crippen molar-refractivity contribution in [2.45, 2.75) is 44.8 Å². The van der Waals surface area contributed by atoms with Crippen LogP contribution in [-0.4, -0.2) is 52.4 Å². The van der Waals surface area contributed by atoms with Crippen LogP contribution in [0, 0.1) is 17.8 Å². The van der Waals surface area contributed by atoms with Crippen LogP contribution in [0.4, 0.5) is 20.3 Å². The first kappa shape index (κ1) is 19.6. The number of hydrogen-bond donors (Lipinski definition) is 2. The normalized spacial score (nSPS) is 30.8. The fourth-order valence-corrected chi connectivity index (χ4v) is 4.98. The zero-order chi connectivity index (χ0) is 20.6. The molecule has 1 saturated carbocycles. The predicted octanol–water partition coefficient (Wildman–Crippen LogP) is 2.96. The van der Waals surface area contributed by atoms with Gasteiger partial charge in [-0.3, -0.25) is 4.79 Å². The number of pyridine rings is 1. The van der Waals surface area contributed by atoms with E-state index < -0.39 is 29.2 Å². The number of hydrogen-bond acceptors (Lipinski definition) is 5. The van der Waals surface area contributed by atoms with Crippen LogP contribution in [-0.2, 0) is 10.7 Å². The zero-order valence-electron chi connectivity index (χ0n) is 16.0. The van der Waals surface area contributed by atoms with E-state index in [1.165, 1.54) is 0 Å². The molecule has 4 atom stereocenters. The van der Waals surface area contributed by atoms with E-state index in [0.717, 1.165) is 6.92 Å². The Morgan fingerprint density at radius 1 is 1.36 bits per heavy atom. The van der Waals surface area contributed by atoms with Gasteiger partial charge in [0.25, 0.3) is 5.92 Å². The Bertz CT molecular complexity index is 817. The van der Waals surface area contributed by atoms with Crippen molar-refractivity contribution in [2.24, 2.45) is 17.8 Å². The number of aliphatic hydroxyl groups excluding tert-OH is 1. The third kappa shape index (κ3) is 3.01. The maximum atomic E-state index is 14.2. The van der Waals surface area contributed by atoms with Crippen molar-refractivity contribution in [1.29, 1.82) is 0 Å². The minimum absolute atomic E-state index is 0.0637. The number of anilines is 2. The van der Waals surface area contributed by atoms with Crippen molar-refractivity contribution in [3.05, 3.63) is 16.8 Å². The van der Waals surface area contributed by atoms with E-state index in [4.69, 9.17) is 16.7 Å². The monoisotopic (exact) mass is 415 g/mol. The van der Waals surface area contributed by atoms with Gasteiger partial charge in [-0.05, 0) is 31.6 Å². The molecule has 1 unspecified atom stereocenters. The standard InChI is InChI=1S/C19H24ClF2N3O3/c1-18(2)13(26)8-25(18)14-5-12(16(20)17(23-14)19(3,21)22)24-6-10-9(4-15(27)28)11(10)7-24/h5,9-11,13,26H,4,6-8H2,1-3H3,(H,27,28)/t9?,10-,11+,13-/m1/s1. The molecule has 6 nitrogen and oxygen atoms in total. The Balaban J connectivity index is 1.65. The molecule has 1 aromatic rings. The molecule has 4 rings (SSSR count). The van der Waals surface area contributed by atoms with Crippen LogP contribution in [0.5, 0.6) is 0 Å². The molecule has 0 bridgehead atoms. The van der Waals surface area contributed by atoms with Crippen LogP contribution in [0.1, 0.15) is 32.9 Å². The number of nitrogens with zero attached hydrogens (tertiary/aromatic N) is 3. The van der Waals surface area contributed by atoms with Gasteiger partial charge in [0, 0.05) is 39.0 Å². The first-order valence-corrected chi connectivity index (χ1v) is 9.80. The maximum Gasteiger partial charge on any atom is 0.303 e. The van der Waals surface area contributed by atoms with Crippen molar-refractivity contribution >= 4 is 29.1 Å². The summed E-state index contributed by atoms with van der Waals surface area (Å²) in [5.41, 5.74) is -0.568. The Hall–Kier alpha value is -1.67. The summed E-state index contributed by atoms with van der Waals surface area (Å²) in [5.74, 6) is -2.96. The van der Waals surface area contributed by atoms with Gasteiger partial charge < -0.3 is 20.0 Å². The second-order valence-corrected chi connectivity index (χ2v) is 9.20. The number of carbonyl (C=O) groups is 1. The number of aliphatic carboxylic acids is 1. The van der Waals surface area contributed by atoms with Crippen molar-refractivity contribution in [2.75, 3.05) is 29.4 Å². The highest BCUT2D eigenvalue weighted by atomic mass is 35.5. The number of piperidine rings is 1. The van der Waals surface area contributed by atoms with Crippen LogP contribution >= 0.6 is 11.6 Å². The molecule has 0 radical (unpaired) electrons. The van der Waals surface area contributed by atoms with Gasteiger partial charge in [-0.25, -0.2) is 4.98 Å². The van der Waals surface area contributed by atoms with Crippen molar-refractivity contribution in [3.8, 4) is 0 Å². The molecule has 3 aliphatic rings. The summed E-state index contributed by atoms with van der Waals surface area (Å²) in [5, 5.41) is 18.9. The topological polar surface area (TPSA) is 76.9 Å². The van der Waals surface area contributed by atoms with Crippen LogP contribution < -0.4 is 9.80 Å². The zero-order valence-corrected chi connectivity index (χ0v) is 16.7. The fraction of sp³-hybridized carbons (Fsp3) is 0.684. The molecule has 2 aliphatic heterocycles. The van der Waals surface area contributed by atoms with Crippen molar-refractivity contribution in [1.82, 2.24) is 4.98 Å². The molecule has 154 valence electrons. The van der Waals surface area contributed by atoms with E-state index in [-0.39, 0.29) is 29.2 Å². The SMILES string of the molecule is CC(F)(F)c1nc(N2C[C@@H](O)C2(C)C)cc(N2C[C@@H]3C(CC(=O)O)[C@@H]3C2)c1Cl. The minimum atomic E-state index is -3.20. The van der Waals surface area contributed by atoms with Gasteiger partial charge in [-0.1, -0.05) is 11.6 Å². The molecule has 0 aromatic carbocycles. The van der Waals surface area contributed by atoms with Gasteiger partial charge in [0.2, 0.25) is 0 Å². The molecule has 2 N–H and O–H groups in total. The molecule has 1 aliphatic carbocycles. The highest BCUT2D eigenvalue weighted by Gasteiger charge is 2.56. The van der Waals surface area contributed by atoms with E-state index >= 15 is 0 Å². The van der Waals surface area contributed by atoms with E-state index in [1.807, 2.05) is 18.7 Å². The first-order valence-electron chi connectivity index (χ1n) is 9.42. The molecule has 9 heteroatoms. The third-order valence-corrected chi connectivity index (χ3v) is 6.98. The Labute approximate surface area is 167 Å². The number of β-amino-alcohol motifs (C(OH)–C–C–N with tert-alkyl or cyclic N) is 1. The number of rotatable bonds is 5. The lowest BCUT2D eigenvalue weighted by Gasteiger charge is -2.53. The van der Waals surface area contributed by atoms with Gasteiger partial charge >= 0.3 is 5.97 Å². The molecular formula is C19H24ClF2N3O3. The first-order chi connectivity index (χ1) is 12.9. The van der Waals surface area contributed by atoms with Crippen molar-refractivity contribution < 1.29 is 23.8 Å². The van der Waals surface area contributed by atoms with Crippen LogP contribution in [0.2, 0.25) is 5.02 Å². The van der Waals surface area contributed by atoms with Crippen LogP contribution in [0.25, 0.3) is 0 Å². The lowest BCUT2D eigenvalue weighted by Crippen LogP contribution is -2.68. The minimum Gasteiger partial charge on any atom is -0.481 e. The number of fused-ring (bicyclic) bond motifs is 1. The summed E-state index contributed by atoms with van der Waals surface area (Å²) < 4.78 is 28.4. The maximum absolute atomic E-state index is 14.2. The molecular weight excluding hydrogens is 392 g/mol. The van der Waals surface area contributed by atoms with Gasteiger partial charge in [-0.2, -0.15) is 8.78 Å². The molecule has 2 saturated heterocycles. The van der Waals surface area contributed by atoms with Crippen LogP contribution in [0.15, 0.2) is 6.07 Å². The summed E-state index contributed by atoms with van der Waals surface area (Å²) in [6.45, 7) is 5.97. The van der Waals surface area contributed by atoms with Crippen LogP contribution in [0.3, 0.4) is 0 Å². The Morgan fingerprint density at radius 2 is 1.96 bits per heavy atom. The average Bonchev–Trinajstić information content (AvgIpc) is 3.02. The molecule has 0 spiro atoms. The number of carboxylic acid groups (broad SMARTS) is 1. The lowest BCUT2D eigenvalue weighted by molar-refractivity contribution is -0.137. The van der Waals surface area contributed by atoms with E-state index in [2.05, 4.69) is 4.98 Å². The summed E-state index contributed by atoms with van der Waals surface area (Å²) in [6, 6.07) is 1.71. The van der Waals surface area contributed by atoms with Gasteiger partial charge in [-0.15, -0.1) is 0 Å². The molecule has 28 heavy (non-hydrogen) atoms. The predicted molar refractivity (Wildman–Crippen MR) is 101 cm³/mol. The van der Waals surface area contributed by atoms with Gasteiger partial charge in [0.1, 0.15) is 11.5 Å². The summed E-state index contributed by atoms with van der Waals surface area (Å²) >= 11 is 6.35. The molecule has 0 amide bonds. The highest BCUT2D eigenvalue weighted by molar-refractivity contribution is 6.34. The Kier molecular flexibility index (Phi) is 4.32. The second-order valence-electron chi connectivity index (χ2n) is 8.83. The van der Waals surface area contributed by atoms with Crippen molar-refractivity contribution in [3.63, 3.8) is 0 Å². The lowest BCUT2D eigenvalue weighted by atomic mass is 9.85.